The second-order valence-electron chi connectivity index (χ2n) is 7.06. The van der Waals surface area contributed by atoms with Crippen LogP contribution in [0.15, 0.2) is 36.4 Å². The average molecular weight is 348 g/mol. The summed E-state index contributed by atoms with van der Waals surface area (Å²) in [4.78, 5) is 0. The maximum Gasteiger partial charge on any atom is 0.124 e. The fourth-order valence-corrected chi connectivity index (χ4v) is 3.94. The van der Waals surface area contributed by atoms with Crippen molar-refractivity contribution in [2.75, 3.05) is 0 Å². The second-order valence-corrected chi connectivity index (χ2v) is 7.06. The van der Waals surface area contributed by atoms with Gasteiger partial charge in [-0.2, -0.15) is 0 Å². The highest BCUT2D eigenvalue weighted by molar-refractivity contribution is 5.94. The van der Waals surface area contributed by atoms with E-state index < -0.39 is 0 Å². The van der Waals surface area contributed by atoms with Gasteiger partial charge in [0.25, 0.3) is 0 Å². The second kappa shape index (κ2) is 6.41. The zero-order chi connectivity index (χ0) is 19.2. The molecule has 0 saturated heterocycles. The maximum absolute atomic E-state index is 10.8. The first-order valence-corrected chi connectivity index (χ1v) is 8.64. The Labute approximate surface area is 154 Å². The van der Waals surface area contributed by atoms with Crippen molar-refractivity contribution >= 4 is 0 Å². The molecule has 0 aliphatic heterocycles. The third-order valence-corrected chi connectivity index (χ3v) is 4.93. The van der Waals surface area contributed by atoms with Gasteiger partial charge in [0.15, 0.2) is 0 Å². The largest absolute Gasteiger partial charge is 0.508 e. The van der Waals surface area contributed by atoms with Crippen molar-refractivity contribution in [1.82, 2.24) is 0 Å². The van der Waals surface area contributed by atoms with E-state index in [0.29, 0.717) is 0 Å². The standard InChI is InChI=1S/C23H24O3/c1-12-6-7-19(26)23(21-15(4)10-18(25)11-16(21)5)22(12)20-13(2)8-17(24)9-14(20)3/h6-11,24-26H,1-5H3. The van der Waals surface area contributed by atoms with Gasteiger partial charge in [0.05, 0.1) is 0 Å². The lowest BCUT2D eigenvalue weighted by atomic mass is 9.83. The van der Waals surface area contributed by atoms with Crippen LogP contribution in [0.1, 0.15) is 27.8 Å². The van der Waals surface area contributed by atoms with Gasteiger partial charge in [-0.3, -0.25) is 0 Å². The molecule has 0 saturated carbocycles. The Kier molecular flexibility index (Phi) is 4.41. The molecule has 0 aromatic heterocycles. The number of phenols is 3. The Morgan fingerprint density at radius 2 is 0.846 bits per heavy atom. The monoisotopic (exact) mass is 348 g/mol. The smallest absolute Gasteiger partial charge is 0.124 e. The number of hydrogen-bond donors (Lipinski definition) is 3. The fraction of sp³-hybridized carbons (Fsp3) is 0.217. The molecule has 0 aliphatic rings. The lowest BCUT2D eigenvalue weighted by Gasteiger charge is -2.21. The molecule has 0 heterocycles. The molecule has 0 fully saturated rings. The highest BCUT2D eigenvalue weighted by atomic mass is 16.3. The summed E-state index contributed by atoms with van der Waals surface area (Å²) in [6, 6.07) is 10.5. The van der Waals surface area contributed by atoms with Crippen LogP contribution < -0.4 is 0 Å². The van der Waals surface area contributed by atoms with E-state index in [-0.39, 0.29) is 17.2 Å². The van der Waals surface area contributed by atoms with Crippen LogP contribution in [0.4, 0.5) is 0 Å². The quantitative estimate of drug-likeness (QED) is 0.558. The summed E-state index contributed by atoms with van der Waals surface area (Å²) in [6.07, 6.45) is 0. The van der Waals surface area contributed by atoms with Crippen molar-refractivity contribution in [2.45, 2.75) is 34.6 Å². The Morgan fingerprint density at radius 3 is 1.27 bits per heavy atom. The van der Waals surface area contributed by atoms with Gasteiger partial charge in [-0.15, -0.1) is 0 Å². The van der Waals surface area contributed by atoms with Crippen molar-refractivity contribution in [3.05, 3.63) is 64.2 Å². The minimum Gasteiger partial charge on any atom is -0.508 e. The van der Waals surface area contributed by atoms with E-state index in [9.17, 15) is 15.3 Å². The zero-order valence-corrected chi connectivity index (χ0v) is 15.8. The zero-order valence-electron chi connectivity index (χ0n) is 15.8. The van der Waals surface area contributed by atoms with Crippen LogP contribution in [-0.4, -0.2) is 15.3 Å². The van der Waals surface area contributed by atoms with E-state index in [1.807, 2.05) is 40.7 Å². The van der Waals surface area contributed by atoms with Crippen molar-refractivity contribution in [3.63, 3.8) is 0 Å². The lowest BCUT2D eigenvalue weighted by Crippen LogP contribution is -1.98. The predicted octanol–water partition coefficient (Wildman–Crippen LogP) is 5.68. The molecular weight excluding hydrogens is 324 g/mol. The van der Waals surface area contributed by atoms with Crippen molar-refractivity contribution < 1.29 is 15.3 Å². The van der Waals surface area contributed by atoms with Crippen LogP contribution in [0.2, 0.25) is 0 Å². The molecule has 0 spiro atoms. The van der Waals surface area contributed by atoms with Crippen molar-refractivity contribution in [2.24, 2.45) is 0 Å². The number of rotatable bonds is 2. The SMILES string of the molecule is Cc1cc(O)cc(C)c1-c1c(C)ccc(O)c1-c1c(C)cc(O)cc1C. The van der Waals surface area contributed by atoms with Crippen LogP contribution in [0.25, 0.3) is 22.3 Å². The first-order valence-electron chi connectivity index (χ1n) is 8.64. The Hall–Kier alpha value is -2.94. The van der Waals surface area contributed by atoms with Gasteiger partial charge < -0.3 is 15.3 Å². The Bertz CT molecular complexity index is 888. The van der Waals surface area contributed by atoms with Crippen LogP contribution in [0.5, 0.6) is 17.2 Å². The number of hydrogen-bond acceptors (Lipinski definition) is 3. The van der Waals surface area contributed by atoms with Crippen molar-refractivity contribution in [3.8, 4) is 39.5 Å². The van der Waals surface area contributed by atoms with E-state index in [2.05, 4.69) is 0 Å². The molecule has 3 N–H and O–H groups in total. The van der Waals surface area contributed by atoms with E-state index in [0.717, 1.165) is 50.1 Å². The van der Waals surface area contributed by atoms with Gasteiger partial charge in [-0.05, 0) is 109 Å². The molecular formula is C23H24O3. The molecule has 0 aliphatic carbocycles. The Morgan fingerprint density at radius 1 is 0.462 bits per heavy atom. The van der Waals surface area contributed by atoms with Crippen molar-refractivity contribution in [1.29, 1.82) is 0 Å². The molecule has 0 amide bonds. The van der Waals surface area contributed by atoms with Gasteiger partial charge in [-0.1, -0.05) is 6.07 Å². The van der Waals surface area contributed by atoms with E-state index >= 15 is 0 Å². The summed E-state index contributed by atoms with van der Waals surface area (Å²) < 4.78 is 0. The summed E-state index contributed by atoms with van der Waals surface area (Å²) in [7, 11) is 0. The van der Waals surface area contributed by atoms with Gasteiger partial charge in [0.2, 0.25) is 0 Å². The highest BCUT2D eigenvalue weighted by Gasteiger charge is 2.21. The molecule has 134 valence electrons. The molecule has 3 rings (SSSR count). The molecule has 0 bridgehead atoms. The minimum absolute atomic E-state index is 0.203. The molecule has 0 radical (unpaired) electrons. The predicted molar refractivity (Wildman–Crippen MR) is 106 cm³/mol. The molecule has 0 unspecified atom stereocenters. The molecule has 0 atom stereocenters. The van der Waals surface area contributed by atoms with Gasteiger partial charge >= 0.3 is 0 Å². The summed E-state index contributed by atoms with van der Waals surface area (Å²) in [5.74, 6) is 0.656. The normalized spacial score (nSPS) is 11.0. The summed E-state index contributed by atoms with van der Waals surface area (Å²) in [5.41, 5.74) is 8.40. The van der Waals surface area contributed by atoms with Gasteiger partial charge in [0.1, 0.15) is 17.2 Å². The fourth-order valence-electron chi connectivity index (χ4n) is 3.94. The maximum atomic E-state index is 10.8. The van der Waals surface area contributed by atoms with E-state index in [1.54, 1.807) is 30.3 Å². The van der Waals surface area contributed by atoms with Gasteiger partial charge in [-0.25, -0.2) is 0 Å². The summed E-state index contributed by atoms with van der Waals surface area (Å²) in [6.45, 7) is 9.82. The van der Waals surface area contributed by atoms with Gasteiger partial charge in [0, 0.05) is 5.56 Å². The van der Waals surface area contributed by atoms with Crippen LogP contribution in [0.3, 0.4) is 0 Å². The number of phenolic OH excluding ortho intramolecular Hbond substituents is 3. The first kappa shape index (κ1) is 17.9. The minimum atomic E-state index is 0.203. The highest BCUT2D eigenvalue weighted by Crippen LogP contribution is 2.46. The lowest BCUT2D eigenvalue weighted by molar-refractivity contribution is 0.473. The Balaban J connectivity index is 2.46. The number of aromatic hydroxyl groups is 3. The number of aryl methyl sites for hydroxylation is 5. The molecule has 3 heteroatoms. The molecule has 3 aromatic carbocycles. The van der Waals surface area contributed by atoms with Crippen LogP contribution in [0, 0.1) is 34.6 Å². The summed E-state index contributed by atoms with van der Waals surface area (Å²) >= 11 is 0. The average Bonchev–Trinajstić information content (AvgIpc) is 2.51. The first-order chi connectivity index (χ1) is 12.2. The van der Waals surface area contributed by atoms with E-state index in [1.165, 1.54) is 0 Å². The third kappa shape index (κ3) is 2.90. The van der Waals surface area contributed by atoms with Crippen LogP contribution >= 0.6 is 0 Å². The summed E-state index contributed by atoms with van der Waals surface area (Å²) in [5, 5.41) is 30.6. The molecule has 26 heavy (non-hydrogen) atoms. The third-order valence-electron chi connectivity index (χ3n) is 4.93. The molecule has 3 aromatic rings. The van der Waals surface area contributed by atoms with E-state index in [4.69, 9.17) is 0 Å². The van der Waals surface area contributed by atoms with Crippen LogP contribution in [-0.2, 0) is 0 Å². The molecule has 3 nitrogen and oxygen atoms in total. The number of benzene rings is 3. The topological polar surface area (TPSA) is 60.7 Å².